The van der Waals surface area contributed by atoms with E-state index >= 15 is 4.39 Å². The molecule has 4 fully saturated rings. The molecule has 3 heterocycles. The van der Waals surface area contributed by atoms with Crippen LogP contribution in [-0.4, -0.2) is 34.3 Å². The molecule has 0 atom stereocenters. The number of aromatic nitrogens is 1. The van der Waals surface area contributed by atoms with Gasteiger partial charge in [0.05, 0.1) is 21.6 Å². The molecule has 4 aliphatic rings. The Bertz CT molecular complexity index is 1060. The van der Waals surface area contributed by atoms with Crippen LogP contribution in [0.4, 0.5) is 10.1 Å². The van der Waals surface area contributed by atoms with Crippen LogP contribution < -0.4 is 16.1 Å². The maximum Gasteiger partial charge on any atom is 0.341 e. The Balaban J connectivity index is 1.75. The molecule has 6 rings (SSSR count). The summed E-state index contributed by atoms with van der Waals surface area (Å²) >= 11 is 6.64. The van der Waals surface area contributed by atoms with Gasteiger partial charge in [-0.2, -0.15) is 0 Å². The van der Waals surface area contributed by atoms with Gasteiger partial charge in [0, 0.05) is 30.9 Å². The van der Waals surface area contributed by atoms with Crippen molar-refractivity contribution in [3.05, 3.63) is 38.9 Å². The predicted octanol–water partition coefficient (Wildman–Crippen LogP) is 2.75. The van der Waals surface area contributed by atoms with Gasteiger partial charge in [0.15, 0.2) is 0 Å². The van der Waals surface area contributed by atoms with Crippen molar-refractivity contribution >= 4 is 34.2 Å². The molecule has 2 saturated heterocycles. The van der Waals surface area contributed by atoms with Crippen molar-refractivity contribution in [2.75, 3.05) is 18.0 Å². The van der Waals surface area contributed by atoms with Crippen molar-refractivity contribution in [3.63, 3.8) is 0 Å². The molecule has 2 aliphatic heterocycles. The Hall–Kier alpha value is -2.12. The highest BCUT2D eigenvalue weighted by molar-refractivity contribution is 6.38. The molecule has 6 nitrogen and oxygen atoms in total. The number of carboxylic acid groups (broad SMARTS) is 1. The minimum atomic E-state index is -1.32. The van der Waals surface area contributed by atoms with Crippen LogP contribution >= 0.6 is 11.6 Å². The van der Waals surface area contributed by atoms with Gasteiger partial charge in [0.1, 0.15) is 11.4 Å². The summed E-state index contributed by atoms with van der Waals surface area (Å²) in [6.07, 6.45) is 4.96. The standard InChI is InChI=1S/C19H19ClFN3O3/c20-14-15-11(17(25)12(18(26)27)7-24(15)10-1-2-10)3-13(21)16(14)23-6-9-4-19(22,5-9)8-23/h3,7,9-10H,1-2,4-6,8,22H2,(H,26,27). The Morgan fingerprint density at radius 1 is 1.37 bits per heavy atom. The molecular formula is C19H19ClFN3O3. The Morgan fingerprint density at radius 2 is 2.07 bits per heavy atom. The van der Waals surface area contributed by atoms with E-state index in [9.17, 15) is 14.7 Å². The number of anilines is 1. The second-order valence-electron chi connectivity index (χ2n) is 8.25. The van der Waals surface area contributed by atoms with Crippen LogP contribution in [0.3, 0.4) is 0 Å². The van der Waals surface area contributed by atoms with Crippen molar-refractivity contribution in [1.82, 2.24) is 4.57 Å². The van der Waals surface area contributed by atoms with Crippen LogP contribution in [0.5, 0.6) is 0 Å². The molecule has 142 valence electrons. The summed E-state index contributed by atoms with van der Waals surface area (Å²) in [5, 5.41) is 9.52. The van der Waals surface area contributed by atoms with Gasteiger partial charge < -0.3 is 20.3 Å². The highest BCUT2D eigenvalue weighted by Crippen LogP contribution is 2.47. The first kappa shape index (κ1) is 17.0. The topological polar surface area (TPSA) is 88.6 Å². The molecule has 2 aliphatic carbocycles. The van der Waals surface area contributed by atoms with Gasteiger partial charge in [0.25, 0.3) is 0 Å². The third-order valence-electron chi connectivity index (χ3n) is 6.05. The summed E-state index contributed by atoms with van der Waals surface area (Å²) in [6.45, 7) is 1.20. The number of fused-ring (bicyclic) bond motifs is 3. The predicted molar refractivity (Wildman–Crippen MR) is 100 cm³/mol. The summed E-state index contributed by atoms with van der Waals surface area (Å²) in [7, 11) is 0. The number of carbonyl (C=O) groups is 1. The molecule has 8 heteroatoms. The first-order valence-corrected chi connectivity index (χ1v) is 9.49. The Morgan fingerprint density at radius 3 is 2.67 bits per heavy atom. The smallest absolute Gasteiger partial charge is 0.341 e. The van der Waals surface area contributed by atoms with Crippen LogP contribution in [0.25, 0.3) is 10.9 Å². The Labute approximate surface area is 159 Å². The Kier molecular flexibility index (Phi) is 3.44. The minimum Gasteiger partial charge on any atom is -0.477 e. The summed E-state index contributed by atoms with van der Waals surface area (Å²) in [4.78, 5) is 25.9. The van der Waals surface area contributed by atoms with Gasteiger partial charge in [0.2, 0.25) is 5.43 Å². The molecule has 0 spiro atoms. The lowest BCUT2D eigenvalue weighted by Gasteiger charge is -2.55. The second-order valence-corrected chi connectivity index (χ2v) is 8.63. The number of piperidine rings is 2. The van der Waals surface area contributed by atoms with Crippen LogP contribution in [-0.2, 0) is 0 Å². The van der Waals surface area contributed by atoms with Crippen LogP contribution in [0, 0.1) is 11.7 Å². The van der Waals surface area contributed by atoms with Crippen LogP contribution in [0.15, 0.2) is 17.1 Å². The van der Waals surface area contributed by atoms with E-state index in [1.807, 2.05) is 4.90 Å². The van der Waals surface area contributed by atoms with Gasteiger partial charge in [-0.05, 0) is 37.7 Å². The third kappa shape index (κ3) is 2.48. The number of benzene rings is 1. The molecule has 1 aromatic heterocycles. The lowest BCUT2D eigenvalue weighted by molar-refractivity contribution is 0.0694. The number of rotatable bonds is 3. The first-order valence-electron chi connectivity index (χ1n) is 9.11. The molecule has 0 amide bonds. The molecule has 2 saturated carbocycles. The lowest BCUT2D eigenvalue weighted by Crippen LogP contribution is -2.66. The fraction of sp³-hybridized carbons (Fsp3) is 0.474. The van der Waals surface area contributed by atoms with Crippen LogP contribution in [0.2, 0.25) is 5.02 Å². The van der Waals surface area contributed by atoms with E-state index in [4.69, 9.17) is 17.3 Å². The maximum atomic E-state index is 15.0. The molecule has 2 aromatic rings. The molecular weight excluding hydrogens is 373 g/mol. The largest absolute Gasteiger partial charge is 0.477 e. The minimum absolute atomic E-state index is 0.0117. The number of carboxylic acids is 1. The van der Waals surface area contributed by atoms with E-state index in [1.54, 1.807) is 4.57 Å². The van der Waals surface area contributed by atoms with Gasteiger partial charge in [-0.1, -0.05) is 11.6 Å². The van der Waals surface area contributed by atoms with E-state index in [0.717, 1.165) is 31.7 Å². The normalized spacial score (nSPS) is 26.9. The fourth-order valence-corrected chi connectivity index (χ4v) is 5.20. The fourth-order valence-electron chi connectivity index (χ4n) is 4.79. The van der Waals surface area contributed by atoms with Crippen molar-refractivity contribution in [3.8, 4) is 0 Å². The van der Waals surface area contributed by atoms with Crippen molar-refractivity contribution < 1.29 is 14.3 Å². The molecule has 2 bridgehead atoms. The zero-order chi connectivity index (χ0) is 19.1. The van der Waals surface area contributed by atoms with Gasteiger partial charge in [-0.25, -0.2) is 9.18 Å². The van der Waals surface area contributed by atoms with Crippen LogP contribution in [0.1, 0.15) is 42.1 Å². The van der Waals surface area contributed by atoms with Gasteiger partial charge in [-0.15, -0.1) is 0 Å². The average Bonchev–Trinajstić information content (AvgIpc) is 3.39. The number of halogens is 2. The number of aromatic carboxylic acids is 1. The maximum absolute atomic E-state index is 15.0. The summed E-state index contributed by atoms with van der Waals surface area (Å²) in [5.41, 5.74) is 5.62. The summed E-state index contributed by atoms with van der Waals surface area (Å²) < 4.78 is 16.8. The van der Waals surface area contributed by atoms with E-state index in [-0.39, 0.29) is 33.2 Å². The quantitative estimate of drug-likeness (QED) is 0.839. The molecule has 1 aromatic carbocycles. The van der Waals surface area contributed by atoms with Crippen molar-refractivity contribution in [1.29, 1.82) is 0 Å². The first-order chi connectivity index (χ1) is 12.8. The zero-order valence-electron chi connectivity index (χ0n) is 14.5. The van der Waals surface area contributed by atoms with Gasteiger partial charge >= 0.3 is 5.97 Å². The number of nitrogens with two attached hydrogens (primary N) is 1. The highest BCUT2D eigenvalue weighted by atomic mass is 35.5. The molecule has 27 heavy (non-hydrogen) atoms. The lowest BCUT2D eigenvalue weighted by atomic mass is 9.65. The van der Waals surface area contributed by atoms with Crippen molar-refractivity contribution in [2.24, 2.45) is 11.7 Å². The molecule has 0 unspecified atom stereocenters. The van der Waals surface area contributed by atoms with E-state index in [0.29, 0.717) is 24.5 Å². The number of nitrogens with zero attached hydrogens (tertiary/aromatic N) is 2. The monoisotopic (exact) mass is 391 g/mol. The SMILES string of the molecule is NC12CC(CN(c3c(F)cc4c(=O)c(C(=O)O)cn(C5CC5)c4c3Cl)C1)C2. The van der Waals surface area contributed by atoms with Gasteiger partial charge in [-0.3, -0.25) is 4.79 Å². The number of hydrogen-bond acceptors (Lipinski definition) is 4. The molecule has 3 N–H and O–H groups in total. The highest BCUT2D eigenvalue weighted by Gasteiger charge is 2.48. The van der Waals surface area contributed by atoms with Crippen molar-refractivity contribution in [2.45, 2.75) is 37.3 Å². The summed E-state index contributed by atoms with van der Waals surface area (Å²) in [6, 6.07) is 1.21. The van der Waals surface area contributed by atoms with E-state index in [2.05, 4.69) is 0 Å². The molecule has 0 radical (unpaired) electrons. The second kappa shape index (κ2) is 5.45. The number of pyridine rings is 1. The number of hydrogen-bond donors (Lipinski definition) is 2. The van der Waals surface area contributed by atoms with E-state index < -0.39 is 17.2 Å². The third-order valence-corrected chi connectivity index (χ3v) is 6.40. The zero-order valence-corrected chi connectivity index (χ0v) is 15.3. The van der Waals surface area contributed by atoms with E-state index in [1.165, 1.54) is 6.20 Å². The average molecular weight is 392 g/mol. The summed E-state index contributed by atoms with van der Waals surface area (Å²) in [5.74, 6) is -1.51.